The maximum atomic E-state index is 12.8. The molecule has 2 aromatic carbocycles. The smallest absolute Gasteiger partial charge is 0.408 e. The predicted octanol–water partition coefficient (Wildman–Crippen LogP) is 9.04. The average Bonchev–Trinajstić information content (AvgIpc) is 3.54. The number of amides is 1. The summed E-state index contributed by atoms with van der Waals surface area (Å²) < 4.78 is 26.4. The first-order valence-electron chi connectivity index (χ1n) is 18.0. The third kappa shape index (κ3) is 10.5. The Morgan fingerprint density at radius 2 is 1.53 bits per heavy atom. The van der Waals surface area contributed by atoms with Crippen molar-refractivity contribution in [3.63, 3.8) is 0 Å². The zero-order valence-electron chi connectivity index (χ0n) is 32.3. The van der Waals surface area contributed by atoms with E-state index in [-0.39, 0.29) is 18.1 Å². The van der Waals surface area contributed by atoms with Crippen molar-refractivity contribution in [3.05, 3.63) is 47.5 Å². The molecule has 1 amide bonds. The Bertz CT molecular complexity index is 1860. The van der Waals surface area contributed by atoms with Gasteiger partial charge in [-0.15, -0.1) is 0 Å². The molecule has 0 radical (unpaired) electrons. The number of unbranched alkanes of at least 4 members (excludes halogenated alkanes) is 4. The summed E-state index contributed by atoms with van der Waals surface area (Å²) in [6.07, 6.45) is 4.34. The molecule has 0 aliphatic heterocycles. The lowest BCUT2D eigenvalue weighted by molar-refractivity contribution is -0.154. The lowest BCUT2D eigenvalue weighted by Gasteiger charge is -2.22. The summed E-state index contributed by atoms with van der Waals surface area (Å²) in [4.78, 5) is 42.6. The number of benzene rings is 2. The molecule has 2 aromatic heterocycles. The lowest BCUT2D eigenvalue weighted by atomic mass is 10.1. The summed E-state index contributed by atoms with van der Waals surface area (Å²) in [5.41, 5.74) is 3.59. The Morgan fingerprint density at radius 1 is 0.863 bits per heavy atom. The number of ether oxygens (including phenoxy) is 4. The number of rotatable bonds is 14. The maximum absolute atomic E-state index is 12.8. The van der Waals surface area contributed by atoms with Crippen LogP contribution in [0.25, 0.3) is 33.5 Å². The van der Waals surface area contributed by atoms with Crippen molar-refractivity contribution >= 4 is 40.0 Å². The van der Waals surface area contributed by atoms with Gasteiger partial charge in [-0.3, -0.25) is 4.79 Å². The molecule has 4 aromatic rings. The number of fused-ring (bicyclic) bond motifs is 2. The summed E-state index contributed by atoms with van der Waals surface area (Å²) in [7, 11) is 3.53. The molecule has 0 spiro atoms. The molecule has 51 heavy (non-hydrogen) atoms. The summed E-state index contributed by atoms with van der Waals surface area (Å²) in [6.45, 7) is 17.5. The Hall–Kier alpha value is -4.54. The fourth-order valence-corrected chi connectivity index (χ4v) is 6.09. The minimum atomic E-state index is -0.600. The van der Waals surface area contributed by atoms with Crippen molar-refractivity contribution in [1.29, 1.82) is 0 Å². The molecule has 11 heteroatoms. The number of nitrogens with one attached hydrogen (secondary N) is 1. The monoisotopic (exact) mass is 704 g/mol. The quantitative estimate of drug-likeness (QED) is 0.0784. The average molecular weight is 705 g/mol. The fourth-order valence-electron chi connectivity index (χ4n) is 6.09. The molecule has 278 valence electrons. The van der Waals surface area contributed by atoms with E-state index in [0.29, 0.717) is 23.3 Å². The molecule has 1 N–H and O–H groups in total. The van der Waals surface area contributed by atoms with Gasteiger partial charge in [0.05, 0.1) is 36.0 Å². The molecule has 11 nitrogen and oxygen atoms in total. The first-order valence-corrected chi connectivity index (χ1v) is 18.0. The zero-order chi connectivity index (χ0) is 37.7. The first kappa shape index (κ1) is 39.2. The highest BCUT2D eigenvalue weighted by molar-refractivity contribution is 5.97. The topological polar surface area (TPSA) is 123 Å². The predicted molar refractivity (Wildman–Crippen MR) is 200 cm³/mol. The summed E-state index contributed by atoms with van der Waals surface area (Å²) in [5.74, 6) is 0.676. The van der Waals surface area contributed by atoms with Gasteiger partial charge in [-0.05, 0) is 105 Å². The SMILES string of the molecule is COc1cc(C(=O)OC(C)C)cc2nc(-c3cc4ccc(C(C)NC(=O)OC(C)(C)C)cc4n3CCCCCCCC(=O)OC(C)(C)C)n(C)c12. The van der Waals surface area contributed by atoms with Crippen molar-refractivity contribution < 1.29 is 33.3 Å². The molecule has 0 saturated carbocycles. The number of carbonyl (C=O) groups excluding carboxylic acids is 3. The van der Waals surface area contributed by atoms with E-state index in [4.69, 9.17) is 23.9 Å². The van der Waals surface area contributed by atoms with E-state index in [1.165, 1.54) is 0 Å². The van der Waals surface area contributed by atoms with Crippen LogP contribution in [0.3, 0.4) is 0 Å². The standard InChI is InChI=1S/C40H56N4O7/c1-25(2)49-37(46)29-21-30-35(33(24-29)48-11)43(10)36(42-30)32-23-28-19-18-27(26(3)41-38(47)51-40(7,8)9)22-31(28)44(32)20-16-14-12-13-15-17-34(45)50-39(4,5)6/h18-19,21-26H,12-17,20H2,1-11H3,(H,41,47). The van der Waals surface area contributed by atoms with Crippen LogP contribution >= 0.6 is 0 Å². The molecular weight excluding hydrogens is 648 g/mol. The van der Waals surface area contributed by atoms with Crippen LogP contribution in [0.2, 0.25) is 0 Å². The van der Waals surface area contributed by atoms with Gasteiger partial charge in [0.2, 0.25) is 0 Å². The van der Waals surface area contributed by atoms with Crippen LogP contribution in [0.1, 0.15) is 123 Å². The minimum absolute atomic E-state index is 0.153. The number of esters is 2. The van der Waals surface area contributed by atoms with Gasteiger partial charge in [0.25, 0.3) is 0 Å². The lowest BCUT2D eigenvalue weighted by Crippen LogP contribution is -2.34. The number of alkyl carbamates (subject to hydrolysis) is 1. The van der Waals surface area contributed by atoms with Crippen LogP contribution in [-0.2, 0) is 32.6 Å². The van der Waals surface area contributed by atoms with Gasteiger partial charge in [-0.1, -0.05) is 31.4 Å². The van der Waals surface area contributed by atoms with Gasteiger partial charge in [0.15, 0.2) is 5.82 Å². The van der Waals surface area contributed by atoms with Gasteiger partial charge < -0.3 is 33.4 Å². The van der Waals surface area contributed by atoms with Crippen LogP contribution < -0.4 is 10.1 Å². The van der Waals surface area contributed by atoms with E-state index in [0.717, 1.165) is 72.2 Å². The van der Waals surface area contributed by atoms with Crippen LogP contribution in [0.4, 0.5) is 4.79 Å². The molecule has 0 fully saturated rings. The van der Waals surface area contributed by atoms with Crippen LogP contribution in [0.15, 0.2) is 36.4 Å². The number of methoxy groups -OCH3 is 1. The second kappa shape index (κ2) is 16.2. The van der Waals surface area contributed by atoms with Crippen LogP contribution in [-0.4, -0.2) is 56.6 Å². The molecule has 0 aliphatic rings. The van der Waals surface area contributed by atoms with Crippen molar-refractivity contribution in [2.45, 2.75) is 131 Å². The van der Waals surface area contributed by atoms with E-state index in [1.54, 1.807) is 19.2 Å². The highest BCUT2D eigenvalue weighted by Gasteiger charge is 2.23. The van der Waals surface area contributed by atoms with Crippen molar-refractivity contribution in [2.24, 2.45) is 7.05 Å². The molecule has 0 saturated heterocycles. The highest BCUT2D eigenvalue weighted by atomic mass is 16.6. The normalized spacial score (nSPS) is 12.7. The Balaban J connectivity index is 1.66. The van der Waals surface area contributed by atoms with Gasteiger partial charge in [0.1, 0.15) is 22.5 Å². The van der Waals surface area contributed by atoms with Gasteiger partial charge in [-0.2, -0.15) is 0 Å². The van der Waals surface area contributed by atoms with Crippen molar-refractivity contribution in [2.75, 3.05) is 7.11 Å². The van der Waals surface area contributed by atoms with E-state index in [1.807, 2.05) is 80.0 Å². The van der Waals surface area contributed by atoms with Crippen molar-refractivity contribution in [1.82, 2.24) is 19.4 Å². The van der Waals surface area contributed by atoms with Crippen LogP contribution in [0, 0.1) is 0 Å². The maximum Gasteiger partial charge on any atom is 0.408 e. The zero-order valence-corrected chi connectivity index (χ0v) is 32.3. The second-order valence-corrected chi connectivity index (χ2v) is 15.5. The molecular formula is C40H56N4O7. The summed E-state index contributed by atoms with van der Waals surface area (Å²) in [5, 5.41) is 4.00. The third-order valence-electron chi connectivity index (χ3n) is 8.31. The summed E-state index contributed by atoms with van der Waals surface area (Å²) in [6, 6.07) is 11.5. The largest absolute Gasteiger partial charge is 0.494 e. The van der Waals surface area contributed by atoms with E-state index < -0.39 is 23.3 Å². The third-order valence-corrected chi connectivity index (χ3v) is 8.31. The molecule has 0 aliphatic carbocycles. The molecule has 2 heterocycles. The number of hydrogen-bond donors (Lipinski definition) is 1. The van der Waals surface area contributed by atoms with E-state index >= 15 is 0 Å². The summed E-state index contributed by atoms with van der Waals surface area (Å²) >= 11 is 0. The Kier molecular flexibility index (Phi) is 12.5. The van der Waals surface area contributed by atoms with Gasteiger partial charge in [0, 0.05) is 30.9 Å². The second-order valence-electron chi connectivity index (χ2n) is 15.5. The Morgan fingerprint density at radius 3 is 2.18 bits per heavy atom. The van der Waals surface area contributed by atoms with E-state index in [2.05, 4.69) is 28.1 Å². The number of nitrogens with zero attached hydrogens (tertiary/aromatic N) is 3. The van der Waals surface area contributed by atoms with E-state index in [9.17, 15) is 14.4 Å². The van der Waals surface area contributed by atoms with Crippen LogP contribution in [0.5, 0.6) is 5.75 Å². The minimum Gasteiger partial charge on any atom is -0.494 e. The molecule has 0 bridgehead atoms. The fraction of sp³-hybridized carbons (Fsp3) is 0.550. The number of carbonyl (C=O) groups is 3. The molecule has 1 atom stereocenters. The number of aromatic nitrogens is 3. The number of aryl methyl sites for hydroxylation is 2. The highest BCUT2D eigenvalue weighted by Crippen LogP contribution is 2.35. The molecule has 1 unspecified atom stereocenters. The Labute approximate surface area is 302 Å². The van der Waals surface area contributed by atoms with Gasteiger partial charge in [-0.25, -0.2) is 14.6 Å². The van der Waals surface area contributed by atoms with Gasteiger partial charge >= 0.3 is 18.0 Å². The first-order chi connectivity index (χ1) is 23.9. The molecule has 4 rings (SSSR count). The number of imidazole rings is 1. The van der Waals surface area contributed by atoms with Crippen molar-refractivity contribution in [3.8, 4) is 17.3 Å². The number of hydrogen-bond acceptors (Lipinski definition) is 8.